The molecule has 1 unspecified atom stereocenters. The first-order valence-electron chi connectivity index (χ1n) is 12.4. The van der Waals surface area contributed by atoms with Crippen LogP contribution in [-0.2, 0) is 9.53 Å². The van der Waals surface area contributed by atoms with Crippen molar-refractivity contribution in [1.82, 2.24) is 9.88 Å². The molecular weight excluding hydrogens is 498 g/mol. The number of fused-ring (bicyclic) bond motifs is 1. The maximum atomic E-state index is 13.4. The summed E-state index contributed by atoms with van der Waals surface area (Å²) in [5.41, 5.74) is 1.58. The van der Waals surface area contributed by atoms with Gasteiger partial charge in [-0.25, -0.2) is 8.78 Å². The molecule has 0 radical (unpaired) electrons. The second kappa shape index (κ2) is 12.7. The van der Waals surface area contributed by atoms with Gasteiger partial charge < -0.3 is 19.5 Å². The molecule has 0 bridgehead atoms. The van der Waals surface area contributed by atoms with E-state index in [1.807, 2.05) is 24.3 Å². The number of hydrogen-bond acceptors (Lipinski definition) is 7. The Morgan fingerprint density at radius 1 is 1.19 bits per heavy atom. The number of piperidine rings is 1. The number of carbonyl (C=O) groups excluding carboxylic acids is 1. The monoisotopic (exact) mass is 530 g/mol. The highest BCUT2D eigenvalue weighted by Gasteiger charge is 2.35. The van der Waals surface area contributed by atoms with Crippen LogP contribution in [0.5, 0.6) is 5.75 Å². The molecular formula is C28H32F2N2O4S. The third-order valence-corrected chi connectivity index (χ3v) is 7.96. The van der Waals surface area contributed by atoms with Gasteiger partial charge in [0.05, 0.1) is 31.8 Å². The van der Waals surface area contributed by atoms with Crippen molar-refractivity contribution in [1.29, 1.82) is 0 Å². The second-order valence-corrected chi connectivity index (χ2v) is 10.5. The number of aliphatic hydroxyl groups excluding tert-OH is 1. The van der Waals surface area contributed by atoms with Crippen molar-refractivity contribution in [3.05, 3.63) is 65.9 Å². The van der Waals surface area contributed by atoms with Crippen LogP contribution in [0.15, 0.2) is 53.6 Å². The maximum Gasteiger partial charge on any atom is 0.310 e. The van der Waals surface area contributed by atoms with Crippen LogP contribution in [0.3, 0.4) is 0 Å². The van der Waals surface area contributed by atoms with Crippen molar-refractivity contribution in [2.45, 2.75) is 30.3 Å². The largest absolute Gasteiger partial charge is 0.497 e. The van der Waals surface area contributed by atoms with E-state index >= 15 is 0 Å². The number of aromatic nitrogens is 1. The third kappa shape index (κ3) is 6.97. The van der Waals surface area contributed by atoms with Crippen molar-refractivity contribution in [2.24, 2.45) is 11.8 Å². The molecule has 1 fully saturated rings. The molecule has 1 aliphatic heterocycles. The number of hydrogen-bond donors (Lipinski definition) is 1. The summed E-state index contributed by atoms with van der Waals surface area (Å²) in [6.07, 6.45) is 2.99. The Bertz CT molecular complexity index is 1210. The summed E-state index contributed by atoms with van der Waals surface area (Å²) < 4.78 is 37.3. The Balaban J connectivity index is 1.35. The van der Waals surface area contributed by atoms with Gasteiger partial charge in [-0.05, 0) is 73.7 Å². The van der Waals surface area contributed by atoms with Crippen LogP contribution < -0.4 is 4.74 Å². The van der Waals surface area contributed by atoms with Crippen molar-refractivity contribution in [2.75, 3.05) is 39.6 Å². The number of pyridine rings is 1. The average molecular weight is 531 g/mol. The summed E-state index contributed by atoms with van der Waals surface area (Å²) in [4.78, 5) is 19.8. The van der Waals surface area contributed by atoms with Gasteiger partial charge in [-0.3, -0.25) is 9.78 Å². The molecule has 37 heavy (non-hydrogen) atoms. The number of ether oxygens (including phenoxy) is 2. The van der Waals surface area contributed by atoms with E-state index in [9.17, 15) is 18.7 Å². The van der Waals surface area contributed by atoms with Crippen molar-refractivity contribution < 1.29 is 28.2 Å². The van der Waals surface area contributed by atoms with Gasteiger partial charge in [-0.2, -0.15) is 0 Å². The van der Waals surface area contributed by atoms with Crippen molar-refractivity contribution in [3.8, 4) is 5.75 Å². The van der Waals surface area contributed by atoms with Gasteiger partial charge >= 0.3 is 5.97 Å². The van der Waals surface area contributed by atoms with Crippen LogP contribution in [0.25, 0.3) is 10.9 Å². The fourth-order valence-electron chi connectivity index (χ4n) is 5.03. The Morgan fingerprint density at radius 3 is 2.70 bits per heavy atom. The number of nitrogens with zero attached hydrogens (tertiary/aromatic N) is 2. The highest BCUT2D eigenvalue weighted by Crippen LogP contribution is 2.34. The minimum Gasteiger partial charge on any atom is -0.497 e. The zero-order chi connectivity index (χ0) is 26.4. The van der Waals surface area contributed by atoms with Gasteiger partial charge in [-0.15, -0.1) is 11.8 Å². The lowest BCUT2D eigenvalue weighted by Crippen LogP contribution is -2.45. The van der Waals surface area contributed by atoms with Crippen LogP contribution in [0.4, 0.5) is 8.78 Å². The molecule has 4 rings (SSSR count). The molecule has 1 saturated heterocycles. The minimum atomic E-state index is -0.697. The van der Waals surface area contributed by atoms with Gasteiger partial charge in [-0.1, -0.05) is 0 Å². The van der Waals surface area contributed by atoms with E-state index in [2.05, 4.69) is 9.88 Å². The van der Waals surface area contributed by atoms with Crippen LogP contribution in [0, 0.1) is 23.5 Å². The lowest BCUT2D eigenvalue weighted by atomic mass is 9.81. The minimum absolute atomic E-state index is 0.0888. The van der Waals surface area contributed by atoms with E-state index in [-0.39, 0.29) is 17.8 Å². The normalized spacial score (nSPS) is 19.1. The van der Waals surface area contributed by atoms with Crippen molar-refractivity contribution in [3.63, 3.8) is 0 Å². The van der Waals surface area contributed by atoms with E-state index in [4.69, 9.17) is 9.47 Å². The number of esters is 1. The topological polar surface area (TPSA) is 71.9 Å². The first-order chi connectivity index (χ1) is 17.9. The van der Waals surface area contributed by atoms with Gasteiger partial charge in [0.25, 0.3) is 0 Å². The van der Waals surface area contributed by atoms with Crippen LogP contribution in [0.1, 0.15) is 30.9 Å². The predicted molar refractivity (Wildman–Crippen MR) is 140 cm³/mol. The van der Waals surface area contributed by atoms with Crippen LogP contribution in [-0.4, -0.2) is 60.6 Å². The molecule has 1 aromatic heterocycles. The van der Waals surface area contributed by atoms with E-state index in [0.717, 1.165) is 35.5 Å². The number of rotatable bonds is 10. The number of likely N-dealkylation sites (tertiary alicyclic amines) is 1. The quantitative estimate of drug-likeness (QED) is 0.284. The van der Waals surface area contributed by atoms with E-state index in [1.165, 1.54) is 31.0 Å². The molecule has 1 N–H and O–H groups in total. The maximum absolute atomic E-state index is 13.4. The Hall–Kier alpha value is -2.75. The first kappa shape index (κ1) is 27.3. The zero-order valence-corrected chi connectivity index (χ0v) is 21.8. The molecule has 0 aliphatic carbocycles. The Kier molecular flexibility index (Phi) is 9.34. The number of methoxy groups -OCH3 is 2. The summed E-state index contributed by atoms with van der Waals surface area (Å²) in [5.74, 6) is -0.275. The second-order valence-electron chi connectivity index (χ2n) is 9.31. The lowest BCUT2D eigenvalue weighted by Gasteiger charge is -2.37. The van der Waals surface area contributed by atoms with E-state index in [1.54, 1.807) is 13.3 Å². The summed E-state index contributed by atoms with van der Waals surface area (Å²) in [5, 5.41) is 11.9. The van der Waals surface area contributed by atoms with Crippen LogP contribution >= 0.6 is 11.8 Å². The third-order valence-electron chi connectivity index (χ3n) is 7.01. The molecule has 0 saturated carbocycles. The Labute approximate surface area is 220 Å². The van der Waals surface area contributed by atoms with E-state index in [0.29, 0.717) is 42.3 Å². The average Bonchev–Trinajstić information content (AvgIpc) is 2.90. The molecule has 2 aromatic carbocycles. The van der Waals surface area contributed by atoms with Gasteiger partial charge in [0.15, 0.2) is 0 Å². The summed E-state index contributed by atoms with van der Waals surface area (Å²) in [7, 11) is 3.00. The number of aliphatic hydroxyl groups is 1. The smallest absolute Gasteiger partial charge is 0.310 e. The molecule has 0 spiro atoms. The SMILES string of the molecule is COC(=O)[C@H]1CN(CCSc2cc(F)cc(F)c2)CC[C@H]1CCC(O)c1ccnc2ccc(OC)cc12. The lowest BCUT2D eigenvalue weighted by molar-refractivity contribution is -0.150. The predicted octanol–water partition coefficient (Wildman–Crippen LogP) is 5.24. The summed E-state index contributed by atoms with van der Waals surface area (Å²) in [6.45, 7) is 2.05. The van der Waals surface area contributed by atoms with Gasteiger partial charge in [0, 0.05) is 41.4 Å². The standard InChI is InChI=1S/C28H32F2N2O4S/c1-35-21-4-5-26-24(16-21)23(7-9-31-26)27(33)6-3-18-8-10-32(17-25(18)28(34)36-2)11-12-37-22-14-19(29)13-20(30)15-22/h4-5,7,9,13-16,18,25,27,33H,3,6,8,10-12,17H2,1-2H3/t18-,25+,27?/m1/s1. The van der Waals surface area contributed by atoms with Crippen LogP contribution in [0.2, 0.25) is 0 Å². The molecule has 3 aromatic rings. The summed E-state index contributed by atoms with van der Waals surface area (Å²) >= 11 is 1.39. The molecule has 198 valence electrons. The van der Waals surface area contributed by atoms with Gasteiger partial charge in [0.1, 0.15) is 17.4 Å². The zero-order valence-electron chi connectivity index (χ0n) is 21.0. The molecule has 2 heterocycles. The highest BCUT2D eigenvalue weighted by atomic mass is 32.2. The molecule has 1 aliphatic rings. The fraction of sp³-hybridized carbons (Fsp3) is 0.429. The van der Waals surface area contributed by atoms with E-state index < -0.39 is 17.7 Å². The molecule has 3 atom stereocenters. The Morgan fingerprint density at radius 2 is 1.97 bits per heavy atom. The summed E-state index contributed by atoms with van der Waals surface area (Å²) in [6, 6.07) is 10.9. The van der Waals surface area contributed by atoms with Gasteiger partial charge in [0.2, 0.25) is 0 Å². The number of carbonyl (C=O) groups is 1. The molecule has 6 nitrogen and oxygen atoms in total. The fourth-order valence-corrected chi connectivity index (χ4v) is 6.01. The first-order valence-corrected chi connectivity index (χ1v) is 13.4. The number of thioether (sulfide) groups is 1. The number of halogens is 2. The highest BCUT2D eigenvalue weighted by molar-refractivity contribution is 7.99. The molecule has 0 amide bonds. The molecule has 9 heteroatoms. The van der Waals surface area contributed by atoms with Crippen molar-refractivity contribution >= 4 is 28.6 Å². The number of benzene rings is 2.